The van der Waals surface area contributed by atoms with E-state index in [1.165, 1.54) is 23.5 Å². The number of nitrogens with zero attached hydrogens (tertiary/aromatic N) is 3. The minimum atomic E-state index is -3.60. The van der Waals surface area contributed by atoms with Crippen LogP contribution in [0.4, 0.5) is 0 Å². The zero-order valence-electron chi connectivity index (χ0n) is 20.1. The maximum absolute atomic E-state index is 13.1. The average molecular weight is 581 g/mol. The third-order valence-electron chi connectivity index (χ3n) is 6.08. The Morgan fingerprint density at radius 3 is 2.49 bits per heavy atom. The highest BCUT2D eigenvalue weighted by atomic mass is 79.9. The number of aromatic nitrogens is 1. The molecule has 1 saturated heterocycles. The Kier molecular flexibility index (Phi) is 8.27. The first kappa shape index (κ1) is 26.2. The summed E-state index contributed by atoms with van der Waals surface area (Å²) in [5.41, 5.74) is 1.33. The van der Waals surface area contributed by atoms with Crippen LogP contribution in [-0.2, 0) is 21.3 Å². The number of sulfonamides is 1. The number of thiazole rings is 1. The van der Waals surface area contributed by atoms with Gasteiger partial charge in [0.15, 0.2) is 4.80 Å². The molecule has 0 saturated carbocycles. The molecule has 0 spiro atoms. The Balaban J connectivity index is 1.62. The number of amides is 1. The summed E-state index contributed by atoms with van der Waals surface area (Å²) in [6, 6.07) is 12.1. The number of carbonyl (C=O) groups is 1. The van der Waals surface area contributed by atoms with E-state index < -0.39 is 15.9 Å². The fraction of sp³-hybridized carbons (Fsp3) is 0.440. The molecule has 1 aromatic heterocycles. The van der Waals surface area contributed by atoms with Gasteiger partial charge in [-0.3, -0.25) is 4.79 Å². The molecule has 1 amide bonds. The minimum absolute atomic E-state index is 0.203. The maximum Gasteiger partial charge on any atom is 0.279 e. The molecule has 2 heterocycles. The molecule has 2 atom stereocenters. The first-order valence-corrected chi connectivity index (χ1v) is 14.8. The molecule has 10 heteroatoms. The summed E-state index contributed by atoms with van der Waals surface area (Å²) in [4.78, 5) is 18.2. The number of piperidine rings is 1. The van der Waals surface area contributed by atoms with Gasteiger partial charge in [0.25, 0.3) is 5.91 Å². The van der Waals surface area contributed by atoms with Crippen molar-refractivity contribution in [2.45, 2.75) is 38.6 Å². The molecule has 0 N–H and O–H groups in total. The first-order chi connectivity index (χ1) is 16.7. The van der Waals surface area contributed by atoms with E-state index in [2.05, 4.69) is 34.8 Å². The molecule has 1 aliphatic rings. The summed E-state index contributed by atoms with van der Waals surface area (Å²) >= 11 is 4.93. The molecule has 2 unspecified atom stereocenters. The van der Waals surface area contributed by atoms with Gasteiger partial charge in [0.2, 0.25) is 10.0 Å². The normalized spacial score (nSPS) is 19.9. The Hall–Kier alpha value is -1.85. The zero-order valence-corrected chi connectivity index (χ0v) is 23.3. The van der Waals surface area contributed by atoms with Gasteiger partial charge in [0, 0.05) is 36.3 Å². The van der Waals surface area contributed by atoms with E-state index in [0.717, 1.165) is 21.1 Å². The van der Waals surface area contributed by atoms with E-state index in [0.29, 0.717) is 55.0 Å². The fourth-order valence-electron chi connectivity index (χ4n) is 4.52. The van der Waals surface area contributed by atoms with Gasteiger partial charge in [-0.1, -0.05) is 41.1 Å². The molecule has 0 bridgehead atoms. The third-order valence-corrected chi connectivity index (χ3v) is 9.46. The summed E-state index contributed by atoms with van der Waals surface area (Å²) in [7, 11) is -3.60. The van der Waals surface area contributed by atoms with Crippen LogP contribution in [-0.4, -0.2) is 49.5 Å². The third kappa shape index (κ3) is 5.94. The summed E-state index contributed by atoms with van der Waals surface area (Å²) < 4.78 is 37.3. The van der Waals surface area contributed by atoms with E-state index in [1.54, 1.807) is 16.4 Å². The van der Waals surface area contributed by atoms with Crippen molar-refractivity contribution in [3.05, 3.63) is 57.3 Å². The van der Waals surface area contributed by atoms with Crippen LogP contribution in [0.2, 0.25) is 0 Å². The molecule has 0 radical (unpaired) electrons. The van der Waals surface area contributed by atoms with Gasteiger partial charge in [-0.2, -0.15) is 9.30 Å². The Bertz CT molecular complexity index is 1370. The van der Waals surface area contributed by atoms with Gasteiger partial charge in [0.05, 0.1) is 21.7 Å². The van der Waals surface area contributed by atoms with Crippen LogP contribution >= 0.6 is 27.3 Å². The number of benzene rings is 2. The van der Waals surface area contributed by atoms with Crippen LogP contribution < -0.4 is 4.80 Å². The highest BCUT2D eigenvalue weighted by Gasteiger charge is 2.31. The second kappa shape index (κ2) is 11.0. The van der Waals surface area contributed by atoms with E-state index in [-0.39, 0.29) is 4.90 Å². The predicted octanol–water partition coefficient (Wildman–Crippen LogP) is 4.91. The summed E-state index contributed by atoms with van der Waals surface area (Å²) in [6.07, 6.45) is 1.03. The molecule has 2 aromatic carbocycles. The smallest absolute Gasteiger partial charge is 0.279 e. The van der Waals surface area contributed by atoms with Crippen LogP contribution in [0.25, 0.3) is 10.2 Å². The van der Waals surface area contributed by atoms with Crippen molar-refractivity contribution < 1.29 is 17.9 Å². The zero-order chi connectivity index (χ0) is 25.2. The summed E-state index contributed by atoms with van der Waals surface area (Å²) in [5.74, 6) is 0.235. The van der Waals surface area contributed by atoms with Gasteiger partial charge >= 0.3 is 0 Å². The van der Waals surface area contributed by atoms with Crippen LogP contribution in [0.5, 0.6) is 0 Å². The molecule has 7 nitrogen and oxygen atoms in total. The van der Waals surface area contributed by atoms with E-state index in [4.69, 9.17) is 4.74 Å². The van der Waals surface area contributed by atoms with Crippen LogP contribution in [0.15, 0.2) is 56.8 Å². The molecule has 0 aliphatic carbocycles. The van der Waals surface area contributed by atoms with Crippen LogP contribution in [0.3, 0.4) is 0 Å². The number of carbonyl (C=O) groups excluding carboxylic acids is 1. The first-order valence-electron chi connectivity index (χ1n) is 11.7. The lowest BCUT2D eigenvalue weighted by Gasteiger charge is -2.34. The SMILES string of the molecule is CCOCCn1c(=NC(=O)c2ccc(S(=O)(=O)N3CC(C)CC(C)C3)cc2)sc2cc(Br)ccc21. The molecule has 188 valence electrons. The van der Waals surface area contributed by atoms with Gasteiger partial charge in [-0.25, -0.2) is 8.42 Å². The van der Waals surface area contributed by atoms with E-state index >= 15 is 0 Å². The number of halogens is 1. The minimum Gasteiger partial charge on any atom is -0.380 e. The highest BCUT2D eigenvalue weighted by Crippen LogP contribution is 2.27. The van der Waals surface area contributed by atoms with Crippen LogP contribution in [0.1, 0.15) is 37.6 Å². The van der Waals surface area contributed by atoms with Crippen molar-refractivity contribution in [3.63, 3.8) is 0 Å². The summed E-state index contributed by atoms with van der Waals surface area (Å²) in [6.45, 7) is 8.84. The molecule has 1 fully saturated rings. The number of rotatable bonds is 7. The molecule has 3 aromatic rings. The van der Waals surface area contributed by atoms with Gasteiger partial charge < -0.3 is 9.30 Å². The number of hydrogen-bond donors (Lipinski definition) is 0. The lowest BCUT2D eigenvalue weighted by atomic mass is 9.94. The van der Waals surface area contributed by atoms with Crippen molar-refractivity contribution >= 4 is 53.4 Å². The molecule has 1 aliphatic heterocycles. The topological polar surface area (TPSA) is 81.0 Å². The molecule has 35 heavy (non-hydrogen) atoms. The monoisotopic (exact) mass is 579 g/mol. The largest absolute Gasteiger partial charge is 0.380 e. The van der Waals surface area contributed by atoms with Gasteiger partial charge in [-0.05, 0) is 67.6 Å². The average Bonchev–Trinajstić information content (AvgIpc) is 3.14. The Morgan fingerprint density at radius 1 is 1.14 bits per heavy atom. The standard InChI is InChI=1S/C25H30BrN3O4S2/c1-4-33-12-11-29-22-10-7-20(26)14-23(22)34-25(29)27-24(30)19-5-8-21(9-6-19)35(31,32)28-15-17(2)13-18(3)16-28/h5-10,14,17-18H,4,11-13,15-16H2,1-3H3. The molecular weight excluding hydrogens is 550 g/mol. The lowest BCUT2D eigenvalue weighted by molar-refractivity contribution is 0.0996. The van der Waals surface area contributed by atoms with Gasteiger partial charge in [0.1, 0.15) is 0 Å². The fourth-order valence-corrected chi connectivity index (χ4v) is 7.81. The predicted molar refractivity (Wildman–Crippen MR) is 142 cm³/mol. The quantitative estimate of drug-likeness (QED) is 0.372. The number of ether oxygens (including phenoxy) is 1. The summed E-state index contributed by atoms with van der Waals surface area (Å²) in [5, 5.41) is 0. The molecular formula is C25H30BrN3O4S2. The number of hydrogen-bond acceptors (Lipinski definition) is 5. The second-order valence-corrected chi connectivity index (χ2v) is 12.9. The van der Waals surface area contributed by atoms with Crippen molar-refractivity contribution in [1.82, 2.24) is 8.87 Å². The van der Waals surface area contributed by atoms with E-state index in [9.17, 15) is 13.2 Å². The highest BCUT2D eigenvalue weighted by molar-refractivity contribution is 9.10. The van der Waals surface area contributed by atoms with Gasteiger partial charge in [-0.15, -0.1) is 0 Å². The van der Waals surface area contributed by atoms with Crippen LogP contribution in [0, 0.1) is 11.8 Å². The lowest BCUT2D eigenvalue weighted by Crippen LogP contribution is -2.42. The number of fused-ring (bicyclic) bond motifs is 1. The van der Waals surface area contributed by atoms with Crippen molar-refractivity contribution in [2.75, 3.05) is 26.3 Å². The molecule has 4 rings (SSSR count). The van der Waals surface area contributed by atoms with E-state index in [1.807, 2.05) is 29.7 Å². The maximum atomic E-state index is 13.1. The van der Waals surface area contributed by atoms with Crippen molar-refractivity contribution in [1.29, 1.82) is 0 Å². The van der Waals surface area contributed by atoms with Crippen molar-refractivity contribution in [3.8, 4) is 0 Å². The second-order valence-electron chi connectivity index (χ2n) is 9.05. The Morgan fingerprint density at radius 2 is 1.83 bits per heavy atom. The van der Waals surface area contributed by atoms with Crippen molar-refractivity contribution in [2.24, 2.45) is 16.8 Å². The Labute approximate surface area is 218 Å².